The number of nitrogens with zero attached hydrogens (tertiary/aromatic N) is 1. The molecule has 19 heavy (non-hydrogen) atoms. The predicted octanol–water partition coefficient (Wildman–Crippen LogP) is 2.78. The topological polar surface area (TPSA) is 72.2 Å². The number of carbonyl (C=O) groups excluding carboxylic acids is 1. The number of carbonyl (C=O) groups is 1. The molecule has 0 heterocycles. The Morgan fingerprint density at radius 3 is 2.84 bits per heavy atom. The summed E-state index contributed by atoms with van der Waals surface area (Å²) >= 11 is 5.85. The average Bonchev–Trinajstić information content (AvgIpc) is 2.38. The van der Waals surface area contributed by atoms with Gasteiger partial charge < -0.3 is 5.32 Å². The lowest BCUT2D eigenvalue weighted by Crippen LogP contribution is -2.24. The van der Waals surface area contributed by atoms with Gasteiger partial charge in [-0.25, -0.2) is 0 Å². The van der Waals surface area contributed by atoms with E-state index in [4.69, 9.17) is 18.0 Å². The maximum absolute atomic E-state index is 11.8. The zero-order chi connectivity index (χ0) is 14.3. The molecule has 1 rings (SSSR count). The summed E-state index contributed by atoms with van der Waals surface area (Å²) in [7, 11) is 0. The summed E-state index contributed by atoms with van der Waals surface area (Å²) in [6, 6.07) is 3.76. The molecule has 0 spiro atoms. The first kappa shape index (κ1) is 15.0. The Balaban J connectivity index is 2.64. The molecule has 0 radical (unpaired) electrons. The first-order valence-electron chi connectivity index (χ1n) is 5.72. The van der Waals surface area contributed by atoms with Crippen molar-refractivity contribution in [2.75, 3.05) is 6.54 Å². The number of nitro groups is 1. The third-order valence-corrected chi connectivity index (χ3v) is 2.77. The van der Waals surface area contributed by atoms with E-state index in [1.165, 1.54) is 18.2 Å². The van der Waals surface area contributed by atoms with Gasteiger partial charge in [0.15, 0.2) is 0 Å². The summed E-state index contributed by atoms with van der Waals surface area (Å²) in [5, 5.41) is 13.5. The minimum atomic E-state index is -0.569. The number of amides is 1. The van der Waals surface area contributed by atoms with Crippen LogP contribution in [-0.2, 0) is 0 Å². The molecule has 0 aliphatic carbocycles. The first-order valence-corrected chi connectivity index (χ1v) is 6.09. The van der Waals surface area contributed by atoms with Crippen LogP contribution in [-0.4, -0.2) is 17.4 Å². The molecule has 6 heteroatoms. The second-order valence-electron chi connectivity index (χ2n) is 3.84. The van der Waals surface area contributed by atoms with Crippen molar-refractivity contribution >= 4 is 23.2 Å². The standard InChI is InChI=1S/C13H13ClN2O3/c1-2-3-4-5-8-15-13(17)11-9-10(16(18)19)6-7-12(11)14/h1,6-7,9H,3-5,8H2,(H,15,17). The van der Waals surface area contributed by atoms with Crippen molar-refractivity contribution in [3.8, 4) is 12.3 Å². The van der Waals surface area contributed by atoms with Gasteiger partial charge in [-0.05, 0) is 18.9 Å². The highest BCUT2D eigenvalue weighted by molar-refractivity contribution is 6.33. The maximum Gasteiger partial charge on any atom is 0.270 e. The predicted molar refractivity (Wildman–Crippen MR) is 73.1 cm³/mol. The fourth-order valence-corrected chi connectivity index (χ4v) is 1.65. The van der Waals surface area contributed by atoms with Crippen LogP contribution in [0.4, 0.5) is 5.69 Å². The van der Waals surface area contributed by atoms with E-state index >= 15 is 0 Å². The molecule has 0 unspecified atom stereocenters. The van der Waals surface area contributed by atoms with Gasteiger partial charge in [0.1, 0.15) is 0 Å². The van der Waals surface area contributed by atoms with Crippen LogP contribution in [0.5, 0.6) is 0 Å². The minimum absolute atomic E-state index is 0.104. The van der Waals surface area contributed by atoms with E-state index in [0.29, 0.717) is 13.0 Å². The van der Waals surface area contributed by atoms with Gasteiger partial charge in [0.2, 0.25) is 0 Å². The van der Waals surface area contributed by atoms with Crippen LogP contribution in [0.15, 0.2) is 18.2 Å². The van der Waals surface area contributed by atoms with Crippen LogP contribution in [0.1, 0.15) is 29.6 Å². The van der Waals surface area contributed by atoms with Crippen LogP contribution in [0.2, 0.25) is 5.02 Å². The van der Waals surface area contributed by atoms with Gasteiger partial charge in [-0.3, -0.25) is 14.9 Å². The second-order valence-corrected chi connectivity index (χ2v) is 4.25. The minimum Gasteiger partial charge on any atom is -0.352 e. The normalized spacial score (nSPS) is 9.68. The SMILES string of the molecule is C#CCCCCNC(=O)c1cc([N+](=O)[O-])ccc1Cl. The number of hydrogen-bond donors (Lipinski definition) is 1. The summed E-state index contributed by atoms with van der Waals surface area (Å²) in [6.07, 6.45) is 7.34. The summed E-state index contributed by atoms with van der Waals surface area (Å²) in [4.78, 5) is 21.9. The highest BCUT2D eigenvalue weighted by Crippen LogP contribution is 2.21. The lowest BCUT2D eigenvalue weighted by molar-refractivity contribution is -0.384. The fraction of sp³-hybridized carbons (Fsp3) is 0.308. The summed E-state index contributed by atoms with van der Waals surface area (Å²) < 4.78 is 0. The fourth-order valence-electron chi connectivity index (χ4n) is 1.45. The van der Waals surface area contributed by atoms with E-state index in [2.05, 4.69) is 11.2 Å². The Hall–Kier alpha value is -2.06. The van der Waals surface area contributed by atoms with Gasteiger partial charge >= 0.3 is 0 Å². The van der Waals surface area contributed by atoms with Crippen molar-refractivity contribution in [3.05, 3.63) is 38.9 Å². The van der Waals surface area contributed by atoms with Gasteiger partial charge in [0.25, 0.3) is 11.6 Å². The summed E-state index contributed by atoms with van der Waals surface area (Å²) in [5.41, 5.74) is -0.0605. The molecule has 0 saturated heterocycles. The molecule has 0 atom stereocenters. The van der Waals surface area contributed by atoms with Crippen LogP contribution in [0.3, 0.4) is 0 Å². The number of nitro benzene ring substituents is 1. The number of rotatable bonds is 6. The summed E-state index contributed by atoms with van der Waals surface area (Å²) in [6.45, 7) is 0.458. The van der Waals surface area contributed by atoms with E-state index in [0.717, 1.165) is 12.8 Å². The Kier molecular flexibility index (Phi) is 5.83. The zero-order valence-corrected chi connectivity index (χ0v) is 10.9. The average molecular weight is 281 g/mol. The molecule has 0 saturated carbocycles. The Labute approximate surface area is 116 Å². The van der Waals surface area contributed by atoms with E-state index in [1.807, 2.05) is 0 Å². The van der Waals surface area contributed by atoms with E-state index in [-0.39, 0.29) is 16.3 Å². The number of nitrogens with one attached hydrogen (secondary N) is 1. The number of hydrogen-bond acceptors (Lipinski definition) is 3. The third kappa shape index (κ3) is 4.60. The molecule has 0 aliphatic rings. The van der Waals surface area contributed by atoms with Gasteiger partial charge in [-0.1, -0.05) is 11.6 Å². The van der Waals surface area contributed by atoms with Gasteiger partial charge in [0, 0.05) is 25.1 Å². The molecule has 5 nitrogen and oxygen atoms in total. The molecule has 1 amide bonds. The van der Waals surface area contributed by atoms with Crippen molar-refractivity contribution in [2.45, 2.75) is 19.3 Å². The molecule has 0 aliphatic heterocycles. The number of unbranched alkanes of at least 4 members (excludes halogenated alkanes) is 2. The Bertz CT molecular complexity index is 523. The van der Waals surface area contributed by atoms with Gasteiger partial charge in [-0.2, -0.15) is 0 Å². The second kappa shape index (κ2) is 7.39. The molecule has 1 N–H and O–H groups in total. The number of halogens is 1. The largest absolute Gasteiger partial charge is 0.352 e. The van der Waals surface area contributed by atoms with Crippen molar-refractivity contribution in [3.63, 3.8) is 0 Å². The van der Waals surface area contributed by atoms with Gasteiger partial charge in [-0.15, -0.1) is 12.3 Å². The molecular weight excluding hydrogens is 268 g/mol. The van der Waals surface area contributed by atoms with E-state index in [9.17, 15) is 14.9 Å². The number of non-ortho nitro benzene ring substituents is 1. The first-order chi connectivity index (χ1) is 9.06. The van der Waals surface area contributed by atoms with E-state index in [1.54, 1.807) is 0 Å². The van der Waals surface area contributed by atoms with Crippen molar-refractivity contribution < 1.29 is 9.72 Å². The molecule has 0 bridgehead atoms. The molecule has 1 aromatic rings. The van der Waals surface area contributed by atoms with Crippen LogP contribution < -0.4 is 5.32 Å². The van der Waals surface area contributed by atoms with Crippen LogP contribution >= 0.6 is 11.6 Å². The van der Waals surface area contributed by atoms with Crippen LogP contribution in [0.25, 0.3) is 0 Å². The Morgan fingerprint density at radius 1 is 1.47 bits per heavy atom. The molecule has 0 fully saturated rings. The zero-order valence-electron chi connectivity index (χ0n) is 10.2. The molecule has 0 aromatic heterocycles. The lowest BCUT2D eigenvalue weighted by atomic mass is 10.2. The Morgan fingerprint density at radius 2 is 2.21 bits per heavy atom. The van der Waals surface area contributed by atoms with Crippen molar-refractivity contribution in [1.82, 2.24) is 5.32 Å². The molecular formula is C13H13ClN2O3. The van der Waals surface area contributed by atoms with Crippen LogP contribution in [0, 0.1) is 22.5 Å². The van der Waals surface area contributed by atoms with Crippen molar-refractivity contribution in [2.24, 2.45) is 0 Å². The highest BCUT2D eigenvalue weighted by atomic mass is 35.5. The van der Waals surface area contributed by atoms with E-state index < -0.39 is 10.8 Å². The maximum atomic E-state index is 11.8. The quantitative estimate of drug-likeness (QED) is 0.377. The lowest BCUT2D eigenvalue weighted by Gasteiger charge is -2.06. The van der Waals surface area contributed by atoms with Crippen molar-refractivity contribution in [1.29, 1.82) is 0 Å². The van der Waals surface area contributed by atoms with Gasteiger partial charge in [0.05, 0.1) is 15.5 Å². The highest BCUT2D eigenvalue weighted by Gasteiger charge is 2.15. The molecule has 100 valence electrons. The third-order valence-electron chi connectivity index (χ3n) is 2.44. The smallest absolute Gasteiger partial charge is 0.270 e. The molecule has 1 aromatic carbocycles. The number of benzene rings is 1. The monoisotopic (exact) mass is 280 g/mol. The number of terminal acetylenes is 1. The summed E-state index contributed by atoms with van der Waals surface area (Å²) in [5.74, 6) is 2.09.